The molecule has 0 atom stereocenters. The molecule has 0 radical (unpaired) electrons. The highest BCUT2D eigenvalue weighted by Gasteiger charge is 2.23. The quantitative estimate of drug-likeness (QED) is 0.0959. The van der Waals surface area contributed by atoms with E-state index < -0.39 is 344 Å². The monoisotopic (exact) mass is 1570 g/mol. The third-order valence-corrected chi connectivity index (χ3v) is 20.4. The molecule has 564 valence electrons. The molecule has 0 fully saturated rings. The summed E-state index contributed by atoms with van der Waals surface area (Å²) in [6.45, 7) is 0. The zero-order chi connectivity index (χ0) is 117. The summed E-state index contributed by atoms with van der Waals surface area (Å²) in [5.41, 5.74) is -5.30. The highest BCUT2D eigenvalue weighted by atomic mass is 15.2. The average Bonchev–Trinajstić information content (AvgIpc) is 1.65. The van der Waals surface area contributed by atoms with Crippen LogP contribution in [0.25, 0.3) is 166 Å². The lowest BCUT2D eigenvalue weighted by molar-refractivity contribution is 1.20. The molecule has 22 aromatic rings. The van der Waals surface area contributed by atoms with Crippen molar-refractivity contribution in [2.75, 3.05) is 9.80 Å². The van der Waals surface area contributed by atoms with Gasteiger partial charge in [-0.1, -0.05) is 375 Å². The molecule has 2 heterocycles. The number of para-hydroxylation sites is 4. The van der Waals surface area contributed by atoms with Crippen LogP contribution in [0.2, 0.25) is 0 Å². The molecule has 0 unspecified atom stereocenters. The molecule has 4 nitrogen and oxygen atoms in total. The number of fused-ring (bicyclic) bond motifs is 8. The van der Waals surface area contributed by atoms with Gasteiger partial charge in [0.2, 0.25) is 0 Å². The topological polar surface area (TPSA) is 16.3 Å². The van der Waals surface area contributed by atoms with E-state index in [2.05, 4.69) is 15.2 Å². The fourth-order valence-electron chi connectivity index (χ4n) is 14.9. The van der Waals surface area contributed by atoms with E-state index in [0.717, 1.165) is 70.5 Å². The molecule has 0 spiro atoms. The molecule has 0 amide bonds. The van der Waals surface area contributed by atoms with E-state index in [1.165, 1.54) is 0 Å². The van der Waals surface area contributed by atoms with Crippen molar-refractivity contribution in [1.29, 1.82) is 0 Å². The van der Waals surface area contributed by atoms with Gasteiger partial charge in [-0.25, -0.2) is 0 Å². The lowest BCUT2D eigenvalue weighted by Gasteiger charge is -2.28. The minimum Gasteiger partial charge on any atom is -0.310 e. The van der Waals surface area contributed by atoms with Gasteiger partial charge in [-0.15, -0.1) is 0 Å². The van der Waals surface area contributed by atoms with Crippen LogP contribution in [0.5, 0.6) is 0 Å². The van der Waals surface area contributed by atoms with Crippen molar-refractivity contribution in [1.82, 2.24) is 9.13 Å². The van der Waals surface area contributed by atoms with Gasteiger partial charge in [0, 0.05) is 66.2 Å². The normalized spacial score (nSPS) is 16.4. The molecule has 2 aromatic heterocycles. The zero-order valence-electron chi connectivity index (χ0n) is 106. The van der Waals surface area contributed by atoms with Gasteiger partial charge in [0.1, 0.15) is 0 Å². The van der Waals surface area contributed by atoms with Crippen molar-refractivity contribution < 1.29 is 58.9 Å². The maximum atomic E-state index is 9.85. The lowest BCUT2D eigenvalue weighted by Crippen LogP contribution is -2.11. The molecule has 0 aliphatic heterocycles. The molecule has 4 heteroatoms. The largest absolute Gasteiger partial charge is 0.310 e. The van der Waals surface area contributed by atoms with Crippen molar-refractivity contribution >= 4 is 99.3 Å². The highest BCUT2D eigenvalue weighted by Crippen LogP contribution is 2.47. The Hall–Kier alpha value is -15.9. The van der Waals surface area contributed by atoms with Crippen LogP contribution in [0.4, 0.5) is 34.1 Å². The maximum absolute atomic E-state index is 9.85. The van der Waals surface area contributed by atoms with Crippen molar-refractivity contribution in [2.24, 2.45) is 0 Å². The molecule has 0 saturated carbocycles. The number of rotatable bonds is 16. The molecule has 0 aliphatic carbocycles. The van der Waals surface area contributed by atoms with Gasteiger partial charge in [0.05, 0.1) is 104 Å². The summed E-state index contributed by atoms with van der Waals surface area (Å²) in [6, 6.07) is 30.3. The van der Waals surface area contributed by atoms with Gasteiger partial charge >= 0.3 is 0 Å². The number of hydrogen-bond donors (Lipinski definition) is 0. The Balaban J connectivity index is 0.000000188. The summed E-state index contributed by atoms with van der Waals surface area (Å²) in [6.07, 6.45) is 0. The first-order valence-electron chi connectivity index (χ1n) is 59.2. The minimum atomic E-state index is -1.24. The molecule has 0 saturated heterocycles. The van der Waals surface area contributed by atoms with Gasteiger partial charge in [-0.3, -0.25) is 0 Å². The van der Waals surface area contributed by atoms with Gasteiger partial charge in [0.15, 0.2) is 0 Å². The van der Waals surface area contributed by atoms with Crippen LogP contribution in [-0.2, 0) is 0 Å². The third kappa shape index (κ3) is 13.7. The average molecular weight is 1570 g/mol. The lowest BCUT2D eigenvalue weighted by atomic mass is 9.99. The van der Waals surface area contributed by atoms with E-state index in [9.17, 15) is 24.7 Å². The zero-order valence-corrected chi connectivity index (χ0v) is 62.7. The van der Waals surface area contributed by atoms with Gasteiger partial charge in [-0.05, 0) is 198 Å². The number of benzene rings is 20. The fourth-order valence-corrected chi connectivity index (χ4v) is 14.9. The summed E-state index contributed by atoms with van der Waals surface area (Å²) in [4.78, 5) is 1.62. The second-order valence-corrected chi connectivity index (χ2v) is 27.3. The second kappa shape index (κ2) is 31.7. The van der Waals surface area contributed by atoms with Crippen molar-refractivity contribution in [3.05, 3.63) is 484 Å². The van der Waals surface area contributed by atoms with Crippen LogP contribution in [0.3, 0.4) is 0 Å². The van der Waals surface area contributed by atoms with E-state index in [4.69, 9.17) is 34.3 Å². The standard InChI is InChI=1S/2C58H40N2/c2*1-3-14-41(15-4-1)42-26-28-43(29-27-42)44-30-35-49(36-31-44)59(55-23-11-9-21-51(55)46-16-5-2-6-17-46)50-37-32-45(33-38-50)48-34-39-58-54(40-48)53-22-10-12-24-57(53)60(58)56-25-13-19-47-18-7-8-20-52(47)56/h2*1-40H/i1D,2D,3D,4D,5D,6D,9D,11D,14D,15D,16D,17D,21D,23D,26D,27D,28D,29D,30D,31D,32D,33D,35D,36D,37D,38D;1D,3D,4D,14D,15D,26D,27D,28D,29D,30D,31D,32D,33D,35D,36D,37D,38D. The van der Waals surface area contributed by atoms with Crippen molar-refractivity contribution in [3.63, 3.8) is 0 Å². The minimum absolute atomic E-state index is 0.0331. The summed E-state index contributed by atoms with van der Waals surface area (Å²) in [7, 11) is 0. The van der Waals surface area contributed by atoms with Crippen LogP contribution in [0.15, 0.2) is 484 Å². The molecule has 0 aliphatic rings. The number of anilines is 6. The summed E-state index contributed by atoms with van der Waals surface area (Å²) in [5, 5.41) is 7.05. The highest BCUT2D eigenvalue weighted by molar-refractivity contribution is 6.13. The predicted molar refractivity (Wildman–Crippen MR) is 509 cm³/mol. The Kier molecular flexibility index (Phi) is 10.5. The van der Waals surface area contributed by atoms with Gasteiger partial charge in [0.25, 0.3) is 0 Å². The Labute approximate surface area is 759 Å². The first-order chi connectivity index (χ1) is 77.5. The number of nitrogens with zero attached hydrogens (tertiary/aromatic N) is 4. The molecule has 0 N–H and O–H groups in total. The van der Waals surface area contributed by atoms with Gasteiger partial charge in [-0.2, -0.15) is 0 Å². The van der Waals surface area contributed by atoms with Crippen LogP contribution in [0.1, 0.15) is 58.9 Å². The molecule has 20 aromatic carbocycles. The molecule has 120 heavy (non-hydrogen) atoms. The van der Waals surface area contributed by atoms with Crippen LogP contribution in [-0.4, -0.2) is 9.13 Å². The second-order valence-electron chi connectivity index (χ2n) is 27.3. The maximum Gasteiger partial charge on any atom is 0.0645 e. The van der Waals surface area contributed by atoms with Crippen molar-refractivity contribution in [2.45, 2.75) is 0 Å². The predicted octanol–water partition coefficient (Wildman–Crippen LogP) is 32.1. The SMILES string of the molecule is [2H]c1c([2H])c([2H])c(-c2c([2H])c([2H])c(-c3c([2H])c([2H])c(N(c4c([2H])c([2H])c(-c5ccc6c(c5)c5ccccc5n6-c5cccc6ccccc56)c([2H])c4[2H])c4c([2H])c([2H])c([2H])c([2H])c4-c4c([2H])c([2H])c([2H])c([2H])c4[2H])c([2H])c3[2H])c([2H])c2[2H])c([2H])c1[2H].[2H]c1c([2H])c([2H])c(-c2c([2H])c([2H])c(-c3c([2H])c([2H])c(N(c4ccccc4-c4ccccc4)c4c([2H])c([2H])c(-c5ccc6c(c5)c5ccccc5n6-c5cccc6ccccc56)c([2H])c4[2H])c([2H])c3[2H])c([2H])c2[2H])c([2H])c1[2H]. The van der Waals surface area contributed by atoms with Crippen LogP contribution < -0.4 is 9.80 Å². The van der Waals surface area contributed by atoms with E-state index in [1.54, 1.807) is 78.9 Å². The fraction of sp³-hybridized carbons (Fsp3) is 0. The van der Waals surface area contributed by atoms with Crippen molar-refractivity contribution in [3.8, 4) is 100 Å². The molecule has 22 rings (SSSR count). The Bertz CT molecular complexity index is 10100. The summed E-state index contributed by atoms with van der Waals surface area (Å²) in [5.74, 6) is 0. The number of aromatic nitrogens is 2. The molecule has 0 bridgehead atoms. The third-order valence-electron chi connectivity index (χ3n) is 20.4. The van der Waals surface area contributed by atoms with E-state index >= 15 is 0 Å². The Morgan fingerprint density at radius 3 is 0.917 bits per heavy atom. The van der Waals surface area contributed by atoms with Crippen LogP contribution in [0, 0.1) is 0 Å². The first kappa shape index (κ1) is 39.6. The van der Waals surface area contributed by atoms with E-state index in [0.29, 0.717) is 32.5 Å². The molecular formula is C116H80N4. The summed E-state index contributed by atoms with van der Waals surface area (Å²) < 4.78 is 395. The van der Waals surface area contributed by atoms with E-state index in [1.807, 2.05) is 140 Å². The van der Waals surface area contributed by atoms with E-state index in [-0.39, 0.29) is 22.4 Å². The smallest absolute Gasteiger partial charge is 0.0645 e. The van der Waals surface area contributed by atoms with Gasteiger partial charge < -0.3 is 18.9 Å². The molecular weight excluding hydrogens is 1450 g/mol. The van der Waals surface area contributed by atoms with Crippen LogP contribution >= 0.6 is 0 Å². The Morgan fingerprint density at radius 2 is 0.483 bits per heavy atom. The first-order valence-corrected chi connectivity index (χ1v) is 37.7. The Morgan fingerprint density at radius 1 is 0.175 bits per heavy atom. The summed E-state index contributed by atoms with van der Waals surface area (Å²) >= 11 is 0. The number of hydrogen-bond acceptors (Lipinski definition) is 2.